The molecule has 0 amide bonds. The van der Waals surface area contributed by atoms with Gasteiger partial charge < -0.3 is 4.74 Å². The number of nitrogens with one attached hydrogen (secondary N) is 1. The van der Waals surface area contributed by atoms with E-state index in [1.807, 2.05) is 32.0 Å². The van der Waals surface area contributed by atoms with E-state index in [2.05, 4.69) is 26.1 Å². The first-order valence-electron chi connectivity index (χ1n) is 4.99. The highest BCUT2D eigenvalue weighted by Crippen LogP contribution is 2.32. The largest absolute Gasteiger partial charge is 0.496 e. The molecule has 0 radical (unpaired) electrons. The van der Waals surface area contributed by atoms with Crippen molar-refractivity contribution in [1.29, 1.82) is 0 Å². The molecule has 0 fully saturated rings. The minimum Gasteiger partial charge on any atom is -0.496 e. The van der Waals surface area contributed by atoms with E-state index in [0.717, 1.165) is 32.7 Å². The molecule has 84 valence electrons. The highest BCUT2D eigenvalue weighted by Gasteiger charge is 2.10. The van der Waals surface area contributed by atoms with Crippen molar-refractivity contribution in [2.24, 2.45) is 0 Å². The Balaban J connectivity index is 2.53. The van der Waals surface area contributed by atoms with Crippen LogP contribution in [0.4, 0.5) is 0 Å². The molecule has 0 saturated carbocycles. The van der Waals surface area contributed by atoms with E-state index >= 15 is 0 Å². The van der Waals surface area contributed by atoms with Gasteiger partial charge in [-0.1, -0.05) is 6.07 Å². The molecule has 4 heteroatoms. The Kier molecular flexibility index (Phi) is 3.01. The Labute approximate surface area is 103 Å². The van der Waals surface area contributed by atoms with E-state index in [1.165, 1.54) is 0 Å². The van der Waals surface area contributed by atoms with E-state index < -0.39 is 0 Å². The Morgan fingerprint density at radius 3 is 2.56 bits per heavy atom. The summed E-state index contributed by atoms with van der Waals surface area (Å²) < 4.78 is 6.16. The third-order valence-corrected chi connectivity index (χ3v) is 3.19. The lowest BCUT2D eigenvalue weighted by Gasteiger charge is -2.06. The van der Waals surface area contributed by atoms with Crippen LogP contribution < -0.4 is 4.74 Å². The Morgan fingerprint density at radius 1 is 1.31 bits per heavy atom. The van der Waals surface area contributed by atoms with Crippen LogP contribution in [-0.2, 0) is 0 Å². The first-order chi connectivity index (χ1) is 7.63. The van der Waals surface area contributed by atoms with Crippen LogP contribution in [0.5, 0.6) is 5.75 Å². The van der Waals surface area contributed by atoms with Crippen molar-refractivity contribution in [3.8, 4) is 16.9 Å². The minimum atomic E-state index is 0.836. The van der Waals surface area contributed by atoms with Gasteiger partial charge in [0.05, 0.1) is 17.3 Å². The van der Waals surface area contributed by atoms with Crippen LogP contribution in [0.25, 0.3) is 11.1 Å². The second kappa shape index (κ2) is 4.29. The van der Waals surface area contributed by atoms with Gasteiger partial charge in [0.15, 0.2) is 0 Å². The third-order valence-electron chi connectivity index (χ3n) is 2.57. The van der Waals surface area contributed by atoms with Crippen molar-refractivity contribution in [1.82, 2.24) is 10.2 Å². The molecule has 1 heterocycles. The van der Waals surface area contributed by atoms with Crippen LogP contribution in [0, 0.1) is 13.8 Å². The van der Waals surface area contributed by atoms with Gasteiger partial charge in [-0.25, -0.2) is 0 Å². The Hall–Kier alpha value is -1.29. The maximum Gasteiger partial charge on any atom is 0.133 e. The summed E-state index contributed by atoms with van der Waals surface area (Å²) in [6.07, 6.45) is 0. The van der Waals surface area contributed by atoms with Crippen molar-refractivity contribution in [2.45, 2.75) is 13.8 Å². The van der Waals surface area contributed by atoms with Crippen molar-refractivity contribution in [3.05, 3.63) is 34.1 Å². The summed E-state index contributed by atoms with van der Waals surface area (Å²) in [5.74, 6) is 0.836. The lowest BCUT2D eigenvalue weighted by Crippen LogP contribution is -1.86. The number of hydrogen-bond donors (Lipinski definition) is 1. The minimum absolute atomic E-state index is 0.836. The highest BCUT2D eigenvalue weighted by atomic mass is 79.9. The number of hydrogen-bond acceptors (Lipinski definition) is 2. The van der Waals surface area contributed by atoms with Gasteiger partial charge in [-0.3, -0.25) is 5.10 Å². The molecule has 0 saturated heterocycles. The second-order valence-electron chi connectivity index (χ2n) is 3.66. The lowest BCUT2D eigenvalue weighted by atomic mass is 10.0. The van der Waals surface area contributed by atoms with Gasteiger partial charge >= 0.3 is 0 Å². The van der Waals surface area contributed by atoms with Crippen LogP contribution >= 0.6 is 15.9 Å². The summed E-state index contributed by atoms with van der Waals surface area (Å²) in [6, 6.07) is 6.03. The van der Waals surface area contributed by atoms with E-state index in [-0.39, 0.29) is 0 Å². The van der Waals surface area contributed by atoms with Gasteiger partial charge in [-0.2, -0.15) is 5.10 Å². The van der Waals surface area contributed by atoms with Crippen LogP contribution in [0.15, 0.2) is 22.7 Å². The molecule has 0 atom stereocenters. The topological polar surface area (TPSA) is 37.9 Å². The summed E-state index contributed by atoms with van der Waals surface area (Å²) in [6.45, 7) is 4.02. The van der Waals surface area contributed by atoms with Crippen molar-refractivity contribution in [3.63, 3.8) is 0 Å². The standard InChI is InChI=1S/C12H13BrN2O/c1-7-12(8(2)15-14-7)9-4-5-11(16-3)10(13)6-9/h4-6H,1-3H3,(H,14,15). The first-order valence-corrected chi connectivity index (χ1v) is 5.78. The van der Waals surface area contributed by atoms with Crippen molar-refractivity contribution < 1.29 is 4.74 Å². The van der Waals surface area contributed by atoms with E-state index in [0.29, 0.717) is 0 Å². The van der Waals surface area contributed by atoms with Crippen LogP contribution in [0.1, 0.15) is 11.4 Å². The molecule has 2 aromatic rings. The molecule has 1 aromatic heterocycles. The monoisotopic (exact) mass is 280 g/mol. The van der Waals surface area contributed by atoms with Gasteiger partial charge in [-0.05, 0) is 47.5 Å². The summed E-state index contributed by atoms with van der Waals surface area (Å²) >= 11 is 3.49. The van der Waals surface area contributed by atoms with Gasteiger partial charge in [-0.15, -0.1) is 0 Å². The number of aryl methyl sites for hydroxylation is 2. The molecule has 0 bridgehead atoms. The summed E-state index contributed by atoms with van der Waals surface area (Å²) in [7, 11) is 1.66. The van der Waals surface area contributed by atoms with E-state index in [9.17, 15) is 0 Å². The molecule has 3 nitrogen and oxygen atoms in total. The molecule has 1 N–H and O–H groups in total. The van der Waals surface area contributed by atoms with Gasteiger partial charge in [0.1, 0.15) is 5.75 Å². The molecule has 0 spiro atoms. The predicted octanol–water partition coefficient (Wildman–Crippen LogP) is 3.46. The van der Waals surface area contributed by atoms with E-state index in [1.54, 1.807) is 7.11 Å². The molecule has 0 unspecified atom stereocenters. The molecule has 1 aromatic carbocycles. The quantitative estimate of drug-likeness (QED) is 0.915. The molecule has 16 heavy (non-hydrogen) atoms. The first kappa shape index (κ1) is 11.2. The number of aromatic amines is 1. The molecular weight excluding hydrogens is 268 g/mol. The fourth-order valence-corrected chi connectivity index (χ4v) is 2.34. The number of rotatable bonds is 2. The Morgan fingerprint density at radius 2 is 2.06 bits per heavy atom. The summed E-state index contributed by atoms with van der Waals surface area (Å²) in [4.78, 5) is 0. The maximum absolute atomic E-state index is 5.21. The third kappa shape index (κ3) is 1.85. The molecule has 0 aliphatic carbocycles. The predicted molar refractivity (Wildman–Crippen MR) is 67.7 cm³/mol. The number of ether oxygens (including phenoxy) is 1. The summed E-state index contributed by atoms with van der Waals surface area (Å²) in [5, 5.41) is 7.18. The van der Waals surface area contributed by atoms with Crippen LogP contribution in [0.3, 0.4) is 0 Å². The number of methoxy groups -OCH3 is 1. The Bertz CT molecular complexity index is 500. The molecule has 0 aliphatic rings. The van der Waals surface area contributed by atoms with Crippen LogP contribution in [0.2, 0.25) is 0 Å². The smallest absolute Gasteiger partial charge is 0.133 e. The SMILES string of the molecule is COc1ccc(-c2c(C)n[nH]c2C)cc1Br. The number of halogens is 1. The average Bonchev–Trinajstić information content (AvgIpc) is 2.58. The van der Waals surface area contributed by atoms with Gasteiger partial charge in [0.2, 0.25) is 0 Å². The molecule has 2 rings (SSSR count). The molecule has 0 aliphatic heterocycles. The number of aromatic nitrogens is 2. The molecular formula is C12H13BrN2O. The number of benzene rings is 1. The average molecular weight is 281 g/mol. The maximum atomic E-state index is 5.21. The zero-order valence-electron chi connectivity index (χ0n) is 9.47. The second-order valence-corrected chi connectivity index (χ2v) is 4.51. The summed E-state index contributed by atoms with van der Waals surface area (Å²) in [5.41, 5.74) is 4.38. The normalized spacial score (nSPS) is 10.5. The zero-order chi connectivity index (χ0) is 11.7. The number of H-pyrrole nitrogens is 1. The lowest BCUT2D eigenvalue weighted by molar-refractivity contribution is 0.412. The van der Waals surface area contributed by atoms with E-state index in [4.69, 9.17) is 4.74 Å². The van der Waals surface area contributed by atoms with Crippen LogP contribution in [-0.4, -0.2) is 17.3 Å². The fourth-order valence-electron chi connectivity index (χ4n) is 1.80. The van der Waals surface area contributed by atoms with Gasteiger partial charge in [0.25, 0.3) is 0 Å². The van der Waals surface area contributed by atoms with Crippen molar-refractivity contribution in [2.75, 3.05) is 7.11 Å². The zero-order valence-corrected chi connectivity index (χ0v) is 11.1. The van der Waals surface area contributed by atoms with Crippen molar-refractivity contribution >= 4 is 15.9 Å². The van der Waals surface area contributed by atoms with Gasteiger partial charge in [0, 0.05) is 11.3 Å². The highest BCUT2D eigenvalue weighted by molar-refractivity contribution is 9.10. The fraction of sp³-hybridized carbons (Fsp3) is 0.250. The number of nitrogens with zero attached hydrogens (tertiary/aromatic N) is 1.